The van der Waals surface area contributed by atoms with Gasteiger partial charge >= 0.3 is 5.97 Å². The standard InChI is InChI=1S/C8H9BrN2O4/c1-15-8(14)6(13)5(12)7-10-2-4(9)3-11-7/h2-3,5-6,12-13H,1H3. The fourth-order valence-electron chi connectivity index (χ4n) is 0.866. The van der Waals surface area contributed by atoms with Crippen molar-refractivity contribution < 1.29 is 19.7 Å². The van der Waals surface area contributed by atoms with Crippen molar-refractivity contribution >= 4 is 21.9 Å². The van der Waals surface area contributed by atoms with Crippen LogP contribution < -0.4 is 0 Å². The van der Waals surface area contributed by atoms with E-state index in [0.717, 1.165) is 7.11 Å². The van der Waals surface area contributed by atoms with E-state index in [1.807, 2.05) is 0 Å². The number of nitrogens with zero attached hydrogens (tertiary/aromatic N) is 2. The fraction of sp³-hybridized carbons (Fsp3) is 0.375. The van der Waals surface area contributed by atoms with Crippen molar-refractivity contribution in [2.24, 2.45) is 0 Å². The summed E-state index contributed by atoms with van der Waals surface area (Å²) in [4.78, 5) is 18.4. The third-order valence-corrected chi connectivity index (χ3v) is 2.06. The van der Waals surface area contributed by atoms with E-state index in [9.17, 15) is 15.0 Å². The maximum absolute atomic E-state index is 10.9. The second kappa shape index (κ2) is 5.15. The quantitative estimate of drug-likeness (QED) is 0.744. The number of carbonyl (C=O) groups is 1. The molecule has 1 heterocycles. The molecule has 0 saturated heterocycles. The van der Waals surface area contributed by atoms with Crippen molar-refractivity contribution in [1.82, 2.24) is 9.97 Å². The van der Waals surface area contributed by atoms with Crippen LogP contribution in [0.3, 0.4) is 0 Å². The van der Waals surface area contributed by atoms with Crippen molar-refractivity contribution in [2.75, 3.05) is 7.11 Å². The molecule has 0 amide bonds. The topological polar surface area (TPSA) is 92.5 Å². The highest BCUT2D eigenvalue weighted by Gasteiger charge is 2.28. The van der Waals surface area contributed by atoms with E-state index in [0.29, 0.717) is 4.47 Å². The average Bonchev–Trinajstić information content (AvgIpc) is 2.27. The first kappa shape index (κ1) is 12.0. The Hall–Kier alpha value is -1.05. The van der Waals surface area contributed by atoms with Gasteiger partial charge in [-0.05, 0) is 15.9 Å². The van der Waals surface area contributed by atoms with Gasteiger partial charge < -0.3 is 14.9 Å². The number of halogens is 1. The summed E-state index contributed by atoms with van der Waals surface area (Å²) in [6, 6.07) is 0. The summed E-state index contributed by atoms with van der Waals surface area (Å²) in [5.74, 6) is -0.981. The number of aliphatic hydroxyl groups is 2. The Labute approximate surface area is 94.1 Å². The van der Waals surface area contributed by atoms with Gasteiger partial charge in [0.25, 0.3) is 0 Å². The Kier molecular flexibility index (Phi) is 4.13. The SMILES string of the molecule is COC(=O)C(O)C(O)c1ncc(Br)cn1. The first-order chi connectivity index (χ1) is 7.06. The van der Waals surface area contributed by atoms with Crippen molar-refractivity contribution in [1.29, 1.82) is 0 Å². The number of esters is 1. The van der Waals surface area contributed by atoms with Crippen molar-refractivity contribution in [3.05, 3.63) is 22.7 Å². The Morgan fingerprint density at radius 2 is 2.00 bits per heavy atom. The van der Waals surface area contributed by atoms with Gasteiger partial charge in [-0.2, -0.15) is 0 Å². The molecule has 0 spiro atoms. The lowest BCUT2D eigenvalue weighted by Crippen LogP contribution is -2.30. The van der Waals surface area contributed by atoms with E-state index in [2.05, 4.69) is 30.6 Å². The number of rotatable bonds is 3. The van der Waals surface area contributed by atoms with E-state index in [-0.39, 0.29) is 5.82 Å². The Morgan fingerprint density at radius 1 is 1.47 bits per heavy atom. The van der Waals surface area contributed by atoms with Crippen LogP contribution in [0.5, 0.6) is 0 Å². The Bertz CT molecular complexity index is 343. The molecule has 2 N–H and O–H groups in total. The number of aliphatic hydroxyl groups excluding tert-OH is 2. The molecule has 0 fully saturated rings. The van der Waals surface area contributed by atoms with E-state index >= 15 is 0 Å². The van der Waals surface area contributed by atoms with Crippen LogP contribution in [0.25, 0.3) is 0 Å². The number of carbonyl (C=O) groups excluding carboxylic acids is 1. The molecule has 15 heavy (non-hydrogen) atoms. The van der Waals surface area contributed by atoms with Gasteiger partial charge in [0, 0.05) is 12.4 Å². The van der Waals surface area contributed by atoms with E-state index in [1.54, 1.807) is 0 Å². The number of methoxy groups -OCH3 is 1. The smallest absolute Gasteiger partial charge is 0.337 e. The first-order valence-electron chi connectivity index (χ1n) is 3.97. The van der Waals surface area contributed by atoms with Gasteiger partial charge in [0.15, 0.2) is 18.0 Å². The monoisotopic (exact) mass is 276 g/mol. The minimum absolute atomic E-state index is 0.0453. The molecular weight excluding hydrogens is 268 g/mol. The van der Waals surface area contributed by atoms with Gasteiger partial charge in [-0.3, -0.25) is 0 Å². The number of aromatic nitrogens is 2. The highest BCUT2D eigenvalue weighted by molar-refractivity contribution is 9.10. The van der Waals surface area contributed by atoms with Gasteiger partial charge in [0.2, 0.25) is 0 Å². The van der Waals surface area contributed by atoms with Gasteiger partial charge in [0.1, 0.15) is 0 Å². The zero-order valence-electron chi connectivity index (χ0n) is 7.79. The third kappa shape index (κ3) is 2.95. The van der Waals surface area contributed by atoms with Crippen LogP contribution in [0.4, 0.5) is 0 Å². The number of hydrogen-bond acceptors (Lipinski definition) is 6. The summed E-state index contributed by atoms with van der Waals surface area (Å²) >= 11 is 3.11. The van der Waals surface area contributed by atoms with E-state index in [1.165, 1.54) is 12.4 Å². The molecule has 0 aliphatic rings. The molecule has 2 atom stereocenters. The molecule has 1 aromatic rings. The van der Waals surface area contributed by atoms with Crippen LogP contribution in [-0.4, -0.2) is 39.4 Å². The molecule has 0 aliphatic heterocycles. The highest BCUT2D eigenvalue weighted by atomic mass is 79.9. The van der Waals surface area contributed by atoms with Crippen LogP contribution in [0, 0.1) is 0 Å². The maximum Gasteiger partial charge on any atom is 0.337 e. The molecule has 82 valence electrons. The molecule has 1 rings (SSSR count). The fourth-order valence-corrected chi connectivity index (χ4v) is 1.07. The summed E-state index contributed by atoms with van der Waals surface area (Å²) in [6.45, 7) is 0. The lowest BCUT2D eigenvalue weighted by molar-refractivity contribution is -0.157. The third-order valence-electron chi connectivity index (χ3n) is 1.65. The van der Waals surface area contributed by atoms with Crippen LogP contribution in [0.2, 0.25) is 0 Å². The Morgan fingerprint density at radius 3 is 2.47 bits per heavy atom. The molecule has 0 saturated carbocycles. The minimum Gasteiger partial charge on any atom is -0.467 e. The molecule has 2 unspecified atom stereocenters. The van der Waals surface area contributed by atoms with E-state index < -0.39 is 18.2 Å². The zero-order chi connectivity index (χ0) is 11.4. The number of hydrogen-bond donors (Lipinski definition) is 2. The van der Waals surface area contributed by atoms with Crippen LogP contribution >= 0.6 is 15.9 Å². The number of ether oxygens (including phenoxy) is 1. The lowest BCUT2D eigenvalue weighted by Gasteiger charge is -2.13. The molecule has 1 aromatic heterocycles. The lowest BCUT2D eigenvalue weighted by atomic mass is 10.2. The predicted octanol–water partition coefficient (Wildman–Crippen LogP) is -0.194. The minimum atomic E-state index is -1.68. The van der Waals surface area contributed by atoms with Gasteiger partial charge in [-0.15, -0.1) is 0 Å². The van der Waals surface area contributed by atoms with Crippen molar-refractivity contribution in [3.63, 3.8) is 0 Å². The van der Waals surface area contributed by atoms with Gasteiger partial charge in [0.05, 0.1) is 11.6 Å². The normalized spacial score (nSPS) is 14.4. The molecule has 0 aromatic carbocycles. The van der Waals surface area contributed by atoms with Crippen LogP contribution in [0.15, 0.2) is 16.9 Å². The summed E-state index contributed by atoms with van der Waals surface area (Å²) in [5, 5.41) is 18.8. The maximum atomic E-state index is 10.9. The van der Waals surface area contributed by atoms with Crippen molar-refractivity contribution in [3.8, 4) is 0 Å². The molecule has 0 aliphatic carbocycles. The van der Waals surface area contributed by atoms with Crippen molar-refractivity contribution in [2.45, 2.75) is 12.2 Å². The molecule has 6 nitrogen and oxygen atoms in total. The summed E-state index contributed by atoms with van der Waals surface area (Å²) in [5.41, 5.74) is 0. The van der Waals surface area contributed by atoms with Gasteiger partial charge in [-0.25, -0.2) is 14.8 Å². The second-order valence-corrected chi connectivity index (χ2v) is 3.59. The van der Waals surface area contributed by atoms with Gasteiger partial charge in [-0.1, -0.05) is 0 Å². The largest absolute Gasteiger partial charge is 0.467 e. The molecule has 0 radical (unpaired) electrons. The second-order valence-electron chi connectivity index (χ2n) is 2.67. The highest BCUT2D eigenvalue weighted by Crippen LogP contribution is 2.14. The first-order valence-corrected chi connectivity index (χ1v) is 4.77. The van der Waals surface area contributed by atoms with Crippen LogP contribution in [0.1, 0.15) is 11.9 Å². The van der Waals surface area contributed by atoms with E-state index in [4.69, 9.17) is 0 Å². The average molecular weight is 277 g/mol. The Balaban J connectivity index is 2.80. The summed E-state index contributed by atoms with van der Waals surface area (Å²) in [6.07, 6.45) is -0.382. The molecular formula is C8H9BrN2O4. The molecule has 7 heteroatoms. The zero-order valence-corrected chi connectivity index (χ0v) is 9.38. The summed E-state index contributed by atoms with van der Waals surface area (Å²) < 4.78 is 4.90. The summed E-state index contributed by atoms with van der Waals surface area (Å²) in [7, 11) is 1.11. The predicted molar refractivity (Wildman–Crippen MR) is 52.7 cm³/mol. The van der Waals surface area contributed by atoms with Crippen LogP contribution in [-0.2, 0) is 9.53 Å². The molecule has 0 bridgehead atoms.